The SMILES string of the molecule is Cc1noc(C)c1S(=O)(=O)N(C)CC(=O)N1CCCc2ccccc21. The molecule has 2 aromatic rings. The van der Waals surface area contributed by atoms with Crippen LogP contribution in [0, 0.1) is 13.8 Å². The van der Waals surface area contributed by atoms with Crippen LogP contribution in [0.5, 0.6) is 0 Å². The molecule has 0 bridgehead atoms. The summed E-state index contributed by atoms with van der Waals surface area (Å²) < 4.78 is 31.5. The van der Waals surface area contributed by atoms with E-state index in [0.29, 0.717) is 12.2 Å². The van der Waals surface area contributed by atoms with E-state index in [1.54, 1.807) is 18.7 Å². The summed E-state index contributed by atoms with van der Waals surface area (Å²) in [4.78, 5) is 14.4. The number of hydrogen-bond acceptors (Lipinski definition) is 5. The number of carbonyl (C=O) groups excluding carboxylic acids is 1. The minimum absolute atomic E-state index is 0.0295. The molecule has 1 amide bonds. The highest BCUT2D eigenvalue weighted by molar-refractivity contribution is 7.89. The normalized spacial score (nSPS) is 14.6. The summed E-state index contributed by atoms with van der Waals surface area (Å²) >= 11 is 0. The first-order valence-electron chi connectivity index (χ1n) is 8.10. The Morgan fingerprint density at radius 2 is 2.04 bits per heavy atom. The van der Waals surface area contributed by atoms with Crippen LogP contribution in [0.25, 0.3) is 0 Å². The largest absolute Gasteiger partial charge is 0.360 e. The van der Waals surface area contributed by atoms with Gasteiger partial charge in [-0.15, -0.1) is 0 Å². The molecular weight excluding hydrogens is 342 g/mol. The number of likely N-dealkylation sites (N-methyl/N-ethyl adjacent to an activating group) is 1. The van der Waals surface area contributed by atoms with E-state index in [9.17, 15) is 13.2 Å². The molecule has 0 aliphatic carbocycles. The first-order valence-corrected chi connectivity index (χ1v) is 9.54. The second kappa shape index (κ2) is 6.61. The number of aryl methyl sites for hydroxylation is 3. The second-order valence-corrected chi connectivity index (χ2v) is 8.17. The molecular formula is C17H21N3O4S. The zero-order valence-corrected chi connectivity index (χ0v) is 15.3. The topological polar surface area (TPSA) is 83.7 Å². The fourth-order valence-corrected chi connectivity index (χ4v) is 4.56. The molecule has 0 spiro atoms. The smallest absolute Gasteiger partial charge is 0.248 e. The fraction of sp³-hybridized carbons (Fsp3) is 0.412. The molecule has 0 atom stereocenters. The summed E-state index contributed by atoms with van der Waals surface area (Å²) in [6, 6.07) is 7.73. The number of amides is 1. The highest BCUT2D eigenvalue weighted by Gasteiger charge is 2.31. The van der Waals surface area contributed by atoms with Crippen molar-refractivity contribution in [3.05, 3.63) is 41.3 Å². The van der Waals surface area contributed by atoms with Gasteiger partial charge in [-0.05, 0) is 38.3 Å². The predicted octanol–water partition coefficient (Wildman–Crippen LogP) is 1.89. The lowest BCUT2D eigenvalue weighted by Gasteiger charge is -2.30. The summed E-state index contributed by atoms with van der Waals surface area (Å²) in [6.07, 6.45) is 1.79. The molecule has 3 rings (SSSR count). The standard InChI is InChI=1S/C17H21N3O4S/c1-12-17(13(2)24-18-12)25(22,23)19(3)11-16(21)20-10-6-8-14-7-4-5-9-15(14)20/h4-5,7,9H,6,8,10-11H2,1-3H3. The molecule has 25 heavy (non-hydrogen) atoms. The van der Waals surface area contributed by atoms with Crippen molar-refractivity contribution in [1.29, 1.82) is 0 Å². The molecule has 1 aromatic carbocycles. The summed E-state index contributed by atoms with van der Waals surface area (Å²) in [5.41, 5.74) is 2.26. The van der Waals surface area contributed by atoms with Crippen LogP contribution in [-0.4, -0.2) is 43.9 Å². The van der Waals surface area contributed by atoms with Crippen LogP contribution in [-0.2, 0) is 21.2 Å². The Morgan fingerprint density at radius 3 is 2.72 bits per heavy atom. The van der Waals surface area contributed by atoms with Gasteiger partial charge in [0.1, 0.15) is 10.6 Å². The number of hydrogen-bond donors (Lipinski definition) is 0. The van der Waals surface area contributed by atoms with Crippen LogP contribution in [0.3, 0.4) is 0 Å². The van der Waals surface area contributed by atoms with Crippen LogP contribution in [0.15, 0.2) is 33.7 Å². The highest BCUT2D eigenvalue weighted by Crippen LogP contribution is 2.27. The zero-order valence-electron chi connectivity index (χ0n) is 14.5. The number of nitrogens with zero attached hydrogens (tertiary/aromatic N) is 3. The van der Waals surface area contributed by atoms with Crippen molar-refractivity contribution in [2.75, 3.05) is 25.0 Å². The van der Waals surface area contributed by atoms with Gasteiger partial charge in [0.25, 0.3) is 0 Å². The molecule has 0 saturated heterocycles. The Labute approximate surface area is 147 Å². The van der Waals surface area contributed by atoms with E-state index >= 15 is 0 Å². The molecule has 2 heterocycles. The molecule has 1 aliphatic rings. The van der Waals surface area contributed by atoms with Gasteiger partial charge in [0.15, 0.2) is 5.76 Å². The van der Waals surface area contributed by atoms with Crippen molar-refractivity contribution in [1.82, 2.24) is 9.46 Å². The lowest BCUT2D eigenvalue weighted by atomic mass is 10.0. The third-order valence-corrected chi connectivity index (χ3v) is 6.45. The lowest BCUT2D eigenvalue weighted by Crippen LogP contribution is -2.43. The monoisotopic (exact) mass is 363 g/mol. The fourth-order valence-electron chi connectivity index (χ4n) is 3.15. The van der Waals surface area contributed by atoms with Gasteiger partial charge in [0, 0.05) is 19.3 Å². The Kier molecular flexibility index (Phi) is 4.66. The van der Waals surface area contributed by atoms with Gasteiger partial charge in [-0.3, -0.25) is 4.79 Å². The molecule has 0 radical (unpaired) electrons. The third kappa shape index (κ3) is 3.19. The number of para-hydroxylation sites is 1. The third-order valence-electron chi connectivity index (χ3n) is 4.41. The van der Waals surface area contributed by atoms with E-state index in [2.05, 4.69) is 5.16 Å². The summed E-state index contributed by atoms with van der Waals surface area (Å²) in [7, 11) is -2.44. The van der Waals surface area contributed by atoms with Gasteiger partial charge in [0.05, 0.1) is 6.54 Å². The predicted molar refractivity (Wildman–Crippen MR) is 92.9 cm³/mol. The number of carbonyl (C=O) groups is 1. The van der Waals surface area contributed by atoms with Crippen molar-refractivity contribution < 1.29 is 17.7 Å². The molecule has 0 saturated carbocycles. The maximum absolute atomic E-state index is 12.8. The minimum atomic E-state index is -3.84. The average Bonchev–Trinajstić information content (AvgIpc) is 2.93. The summed E-state index contributed by atoms with van der Waals surface area (Å²) in [5.74, 6) is -0.0231. The molecule has 0 fully saturated rings. The van der Waals surface area contributed by atoms with Gasteiger partial charge in [0.2, 0.25) is 15.9 Å². The molecule has 8 heteroatoms. The van der Waals surface area contributed by atoms with Gasteiger partial charge in [-0.1, -0.05) is 23.4 Å². The van der Waals surface area contributed by atoms with Crippen LogP contribution in [0.4, 0.5) is 5.69 Å². The van der Waals surface area contributed by atoms with E-state index in [1.807, 2.05) is 24.3 Å². The van der Waals surface area contributed by atoms with E-state index in [-0.39, 0.29) is 23.1 Å². The maximum atomic E-state index is 12.8. The highest BCUT2D eigenvalue weighted by atomic mass is 32.2. The molecule has 0 unspecified atom stereocenters. The number of sulfonamides is 1. The minimum Gasteiger partial charge on any atom is -0.360 e. The Morgan fingerprint density at radius 1 is 1.32 bits per heavy atom. The van der Waals surface area contributed by atoms with Crippen molar-refractivity contribution in [3.8, 4) is 0 Å². The van der Waals surface area contributed by atoms with E-state index in [4.69, 9.17) is 4.52 Å². The van der Waals surface area contributed by atoms with E-state index in [1.165, 1.54) is 7.05 Å². The molecule has 134 valence electrons. The second-order valence-electron chi connectivity index (χ2n) is 6.19. The zero-order chi connectivity index (χ0) is 18.2. The van der Waals surface area contributed by atoms with E-state index < -0.39 is 10.0 Å². The van der Waals surface area contributed by atoms with Crippen molar-refractivity contribution in [3.63, 3.8) is 0 Å². The van der Waals surface area contributed by atoms with Crippen LogP contribution in [0.2, 0.25) is 0 Å². The molecule has 1 aliphatic heterocycles. The van der Waals surface area contributed by atoms with Crippen LogP contribution >= 0.6 is 0 Å². The number of fused-ring (bicyclic) bond motifs is 1. The Hall–Kier alpha value is -2.19. The number of aromatic nitrogens is 1. The van der Waals surface area contributed by atoms with Crippen molar-refractivity contribution in [2.24, 2.45) is 0 Å². The first-order chi connectivity index (χ1) is 11.8. The van der Waals surface area contributed by atoms with Crippen LogP contribution in [0.1, 0.15) is 23.4 Å². The van der Waals surface area contributed by atoms with Gasteiger partial charge in [-0.2, -0.15) is 4.31 Å². The van der Waals surface area contributed by atoms with Crippen molar-refractivity contribution >= 4 is 21.6 Å². The number of rotatable bonds is 4. The van der Waals surface area contributed by atoms with Gasteiger partial charge < -0.3 is 9.42 Å². The van der Waals surface area contributed by atoms with Gasteiger partial charge >= 0.3 is 0 Å². The summed E-state index contributed by atoms with van der Waals surface area (Å²) in [5, 5.41) is 3.69. The van der Waals surface area contributed by atoms with Crippen LogP contribution < -0.4 is 4.90 Å². The molecule has 1 aromatic heterocycles. The Bertz CT molecular complexity index is 885. The summed E-state index contributed by atoms with van der Waals surface area (Å²) in [6.45, 7) is 3.47. The molecule has 7 nitrogen and oxygen atoms in total. The Balaban J connectivity index is 1.82. The first kappa shape index (κ1) is 17.6. The number of benzene rings is 1. The number of anilines is 1. The molecule has 0 N–H and O–H groups in total. The quantitative estimate of drug-likeness (QED) is 0.828. The lowest BCUT2D eigenvalue weighted by molar-refractivity contribution is -0.118. The maximum Gasteiger partial charge on any atom is 0.248 e. The van der Waals surface area contributed by atoms with Gasteiger partial charge in [-0.25, -0.2) is 8.42 Å². The average molecular weight is 363 g/mol. The van der Waals surface area contributed by atoms with E-state index in [0.717, 1.165) is 28.4 Å². The van der Waals surface area contributed by atoms with Crippen molar-refractivity contribution in [2.45, 2.75) is 31.6 Å².